The molecule has 1 aliphatic rings. The second-order valence-corrected chi connectivity index (χ2v) is 8.95. The predicted molar refractivity (Wildman–Crippen MR) is 116 cm³/mol. The number of benzene rings is 1. The van der Waals surface area contributed by atoms with Crippen molar-refractivity contribution in [3.63, 3.8) is 0 Å². The molecule has 1 atom stereocenters. The minimum absolute atomic E-state index is 0.0237. The summed E-state index contributed by atoms with van der Waals surface area (Å²) in [5.41, 5.74) is 1.41. The number of amides is 1. The van der Waals surface area contributed by atoms with Gasteiger partial charge < -0.3 is 10.1 Å². The molecule has 1 aromatic carbocycles. The number of rotatable bonds is 7. The van der Waals surface area contributed by atoms with Gasteiger partial charge in [-0.3, -0.25) is 9.59 Å². The molecule has 8 heteroatoms. The van der Waals surface area contributed by atoms with E-state index in [2.05, 4.69) is 10.3 Å². The van der Waals surface area contributed by atoms with Gasteiger partial charge >= 0.3 is 0 Å². The first-order valence-corrected chi connectivity index (χ1v) is 11.2. The van der Waals surface area contributed by atoms with Crippen LogP contribution in [0.1, 0.15) is 22.2 Å². The van der Waals surface area contributed by atoms with Gasteiger partial charge in [0.25, 0.3) is 0 Å². The van der Waals surface area contributed by atoms with Crippen LogP contribution in [0.3, 0.4) is 0 Å². The van der Waals surface area contributed by atoms with E-state index in [1.807, 2.05) is 24.3 Å². The highest BCUT2D eigenvalue weighted by molar-refractivity contribution is 7.99. The standard InChI is InChI=1S/C22H19FN2O3S2/c1-13(26)18-5-6-19(30-18)17-10-15(23)8-14-9-16(28-22(14)17)11-25-20(27)12-29-21-4-2-3-7-24-21/h2-8,10,16H,9,11-12H2,1H3,(H,25,27)/t16-/m1/s1. The van der Waals surface area contributed by atoms with Crippen LogP contribution in [-0.4, -0.2) is 35.1 Å². The number of nitrogens with one attached hydrogen (secondary N) is 1. The lowest BCUT2D eigenvalue weighted by Gasteiger charge is -2.13. The van der Waals surface area contributed by atoms with Crippen molar-refractivity contribution in [1.29, 1.82) is 0 Å². The number of thioether (sulfide) groups is 1. The van der Waals surface area contributed by atoms with Crippen molar-refractivity contribution >= 4 is 34.8 Å². The highest BCUT2D eigenvalue weighted by atomic mass is 32.2. The largest absolute Gasteiger partial charge is 0.487 e. The lowest BCUT2D eigenvalue weighted by atomic mass is 10.0. The number of hydrogen-bond acceptors (Lipinski definition) is 6. The summed E-state index contributed by atoms with van der Waals surface area (Å²) >= 11 is 2.68. The van der Waals surface area contributed by atoms with Gasteiger partial charge in [0, 0.05) is 28.6 Å². The molecule has 3 heterocycles. The van der Waals surface area contributed by atoms with Crippen molar-refractivity contribution in [2.24, 2.45) is 0 Å². The van der Waals surface area contributed by atoms with Crippen LogP contribution >= 0.6 is 23.1 Å². The van der Waals surface area contributed by atoms with Gasteiger partial charge in [-0.1, -0.05) is 17.8 Å². The average molecular weight is 443 g/mol. The molecule has 5 nitrogen and oxygen atoms in total. The Labute approximate surface area is 181 Å². The van der Waals surface area contributed by atoms with Gasteiger partial charge in [-0.15, -0.1) is 11.3 Å². The lowest BCUT2D eigenvalue weighted by Crippen LogP contribution is -2.35. The Hall–Kier alpha value is -2.71. The summed E-state index contributed by atoms with van der Waals surface area (Å²) in [4.78, 5) is 29.3. The number of Topliss-reactive ketones (excluding diaryl/α,β-unsaturated/α-hetero) is 1. The molecule has 0 saturated heterocycles. The molecular formula is C22H19FN2O3S2. The Bertz CT molecular complexity index is 1090. The van der Waals surface area contributed by atoms with Crippen molar-refractivity contribution in [3.8, 4) is 16.2 Å². The summed E-state index contributed by atoms with van der Waals surface area (Å²) < 4.78 is 20.2. The van der Waals surface area contributed by atoms with Crippen LogP contribution in [0.5, 0.6) is 5.75 Å². The quantitative estimate of drug-likeness (QED) is 0.435. The summed E-state index contributed by atoms with van der Waals surface area (Å²) in [6, 6.07) is 12.0. The topological polar surface area (TPSA) is 68.3 Å². The highest BCUT2D eigenvalue weighted by Crippen LogP contribution is 2.42. The minimum Gasteiger partial charge on any atom is -0.487 e. The lowest BCUT2D eigenvalue weighted by molar-refractivity contribution is -0.118. The molecule has 2 aromatic heterocycles. The van der Waals surface area contributed by atoms with Crippen LogP contribution in [-0.2, 0) is 11.2 Å². The van der Waals surface area contributed by atoms with Gasteiger partial charge in [0.1, 0.15) is 17.7 Å². The van der Waals surface area contributed by atoms with E-state index in [1.165, 1.54) is 42.2 Å². The summed E-state index contributed by atoms with van der Waals surface area (Å²) in [5, 5.41) is 3.66. The predicted octanol–water partition coefficient (Wildman–Crippen LogP) is 4.36. The third-order valence-electron chi connectivity index (χ3n) is 4.60. The second-order valence-electron chi connectivity index (χ2n) is 6.87. The number of pyridine rings is 1. The Kier molecular flexibility index (Phi) is 6.15. The van der Waals surface area contributed by atoms with Gasteiger partial charge in [0.15, 0.2) is 5.78 Å². The molecule has 0 aliphatic carbocycles. The highest BCUT2D eigenvalue weighted by Gasteiger charge is 2.28. The van der Waals surface area contributed by atoms with E-state index in [1.54, 1.807) is 12.3 Å². The summed E-state index contributed by atoms with van der Waals surface area (Å²) in [6.45, 7) is 1.84. The molecule has 154 valence electrons. The number of carbonyl (C=O) groups excluding carboxylic acids is 2. The SMILES string of the molecule is CC(=O)c1ccc(-c2cc(F)cc3c2O[C@@H](CNC(=O)CSc2ccccn2)C3)s1. The van der Waals surface area contributed by atoms with Gasteiger partial charge in [-0.2, -0.15) is 0 Å². The van der Waals surface area contributed by atoms with Gasteiger partial charge in [-0.05, 0) is 43.3 Å². The summed E-state index contributed by atoms with van der Waals surface area (Å²) in [5.74, 6) is 0.405. The van der Waals surface area contributed by atoms with Gasteiger partial charge in [0.2, 0.25) is 5.91 Å². The number of ketones is 1. The number of nitrogens with zero attached hydrogens (tertiary/aromatic N) is 1. The fourth-order valence-corrected chi connectivity index (χ4v) is 4.82. The third kappa shape index (κ3) is 4.71. The van der Waals surface area contributed by atoms with Gasteiger partial charge in [-0.25, -0.2) is 9.37 Å². The number of halogens is 1. The van der Waals surface area contributed by atoms with Crippen LogP contribution in [0.2, 0.25) is 0 Å². The Morgan fingerprint density at radius 2 is 2.17 bits per heavy atom. The zero-order valence-corrected chi connectivity index (χ0v) is 17.8. The van der Waals surface area contributed by atoms with Crippen molar-refractivity contribution < 1.29 is 18.7 Å². The van der Waals surface area contributed by atoms with Gasteiger partial charge in [0.05, 0.1) is 22.2 Å². The molecule has 3 aromatic rings. The van der Waals surface area contributed by atoms with Crippen LogP contribution in [0.15, 0.2) is 53.7 Å². The number of ether oxygens (including phenoxy) is 1. The number of carbonyl (C=O) groups is 2. The number of fused-ring (bicyclic) bond motifs is 1. The Morgan fingerprint density at radius 3 is 2.90 bits per heavy atom. The van der Waals surface area contributed by atoms with E-state index in [0.717, 1.165) is 15.5 Å². The number of aromatic nitrogens is 1. The first-order valence-electron chi connectivity index (χ1n) is 9.40. The van der Waals surface area contributed by atoms with E-state index in [0.29, 0.717) is 29.2 Å². The molecule has 1 N–H and O–H groups in total. The third-order valence-corrected chi connectivity index (χ3v) is 6.76. The molecule has 0 spiro atoms. The van der Waals surface area contributed by atoms with Crippen molar-refractivity contribution in [1.82, 2.24) is 10.3 Å². The molecule has 1 aliphatic heterocycles. The molecule has 30 heavy (non-hydrogen) atoms. The van der Waals surface area contributed by atoms with Crippen molar-refractivity contribution in [3.05, 3.63) is 64.9 Å². The monoisotopic (exact) mass is 442 g/mol. The fraction of sp³-hybridized carbons (Fsp3) is 0.227. The molecule has 0 saturated carbocycles. The zero-order valence-electron chi connectivity index (χ0n) is 16.2. The van der Waals surface area contributed by atoms with E-state index in [9.17, 15) is 14.0 Å². The molecule has 0 unspecified atom stereocenters. The van der Waals surface area contributed by atoms with E-state index in [4.69, 9.17) is 4.74 Å². The van der Waals surface area contributed by atoms with Crippen molar-refractivity contribution in [2.75, 3.05) is 12.3 Å². The fourth-order valence-electron chi connectivity index (χ4n) is 3.21. The molecule has 0 radical (unpaired) electrons. The molecular weight excluding hydrogens is 423 g/mol. The second kappa shape index (κ2) is 8.97. The Balaban J connectivity index is 1.39. The molecule has 0 fully saturated rings. The van der Waals surface area contributed by atoms with E-state index < -0.39 is 0 Å². The van der Waals surface area contributed by atoms with Crippen LogP contribution in [0, 0.1) is 5.82 Å². The number of hydrogen-bond donors (Lipinski definition) is 1. The normalized spacial score (nSPS) is 14.8. The average Bonchev–Trinajstić information content (AvgIpc) is 3.38. The van der Waals surface area contributed by atoms with Crippen LogP contribution in [0.4, 0.5) is 4.39 Å². The van der Waals surface area contributed by atoms with E-state index >= 15 is 0 Å². The Morgan fingerprint density at radius 1 is 1.30 bits per heavy atom. The summed E-state index contributed by atoms with van der Waals surface area (Å²) in [7, 11) is 0. The maximum Gasteiger partial charge on any atom is 0.230 e. The van der Waals surface area contributed by atoms with Crippen molar-refractivity contribution in [2.45, 2.75) is 24.5 Å². The van der Waals surface area contributed by atoms with Crippen LogP contribution < -0.4 is 10.1 Å². The zero-order chi connectivity index (χ0) is 21.1. The molecule has 4 rings (SSSR count). The first-order chi connectivity index (χ1) is 14.5. The minimum atomic E-state index is -0.346. The molecule has 1 amide bonds. The maximum atomic E-state index is 14.2. The van der Waals surface area contributed by atoms with E-state index in [-0.39, 0.29) is 29.4 Å². The number of thiophene rings is 1. The molecule has 0 bridgehead atoms. The smallest absolute Gasteiger partial charge is 0.230 e. The van der Waals surface area contributed by atoms with Crippen LogP contribution in [0.25, 0.3) is 10.4 Å². The first kappa shape index (κ1) is 20.6. The maximum absolute atomic E-state index is 14.2. The summed E-state index contributed by atoms with van der Waals surface area (Å²) in [6.07, 6.45) is 1.93.